The maximum absolute atomic E-state index is 9.32. The Kier molecular flexibility index (Phi) is 4.19. The molecule has 0 aliphatic carbocycles. The highest BCUT2D eigenvalue weighted by Crippen LogP contribution is 2.32. The van der Waals surface area contributed by atoms with E-state index in [-0.39, 0.29) is 5.41 Å². The lowest BCUT2D eigenvalue weighted by molar-refractivity contribution is 0.325. The van der Waals surface area contributed by atoms with Gasteiger partial charge in [-0.1, -0.05) is 32.1 Å². The molecule has 0 N–H and O–H groups in total. The fraction of sp³-hybridized carbons (Fsp3) is 0.286. The van der Waals surface area contributed by atoms with Crippen molar-refractivity contribution in [2.45, 2.75) is 27.3 Å². The predicted octanol–water partition coefficient (Wildman–Crippen LogP) is 3.81. The van der Waals surface area contributed by atoms with E-state index in [4.69, 9.17) is 0 Å². The van der Waals surface area contributed by atoms with E-state index in [1.54, 1.807) is 10.7 Å². The summed E-state index contributed by atoms with van der Waals surface area (Å²) >= 11 is 0. The smallest absolute Gasteiger partial charge is 0.141 e. The van der Waals surface area contributed by atoms with Gasteiger partial charge >= 0.3 is 0 Å². The summed E-state index contributed by atoms with van der Waals surface area (Å²) in [5, 5.41) is 22.1. The number of hydrogen-bond donors (Lipinski definition) is 0. The average molecular weight is 371 g/mol. The van der Waals surface area contributed by atoms with Crippen molar-refractivity contribution in [1.82, 2.24) is 29.8 Å². The third-order valence-corrected chi connectivity index (χ3v) is 4.47. The minimum Gasteiger partial charge on any atom is -0.272 e. The number of rotatable bonds is 3. The first-order chi connectivity index (χ1) is 13.3. The molecule has 0 unspecified atom stereocenters. The van der Waals surface area contributed by atoms with Crippen LogP contribution in [-0.4, -0.2) is 29.8 Å². The first-order valence-corrected chi connectivity index (χ1v) is 9.08. The molecule has 0 spiro atoms. The Labute approximate surface area is 163 Å². The van der Waals surface area contributed by atoms with E-state index >= 15 is 0 Å². The van der Waals surface area contributed by atoms with Crippen molar-refractivity contribution in [3.63, 3.8) is 0 Å². The highest BCUT2D eigenvalue weighted by Gasteiger charge is 2.16. The van der Waals surface area contributed by atoms with Crippen LogP contribution in [0.4, 0.5) is 0 Å². The van der Waals surface area contributed by atoms with Crippen LogP contribution in [0.3, 0.4) is 0 Å². The highest BCUT2D eigenvalue weighted by atomic mass is 15.4. The SMILES string of the molecule is Cn1nnc2cc(-c3nc(C#N)ccc3-c3cnn(CC(C)(C)C)c3)ccc21. The summed E-state index contributed by atoms with van der Waals surface area (Å²) in [5.41, 5.74) is 5.77. The van der Waals surface area contributed by atoms with Gasteiger partial charge in [-0.15, -0.1) is 5.10 Å². The number of benzene rings is 1. The summed E-state index contributed by atoms with van der Waals surface area (Å²) in [7, 11) is 1.86. The zero-order chi connectivity index (χ0) is 19.9. The summed E-state index contributed by atoms with van der Waals surface area (Å²) in [6, 6.07) is 11.7. The molecule has 1 aromatic carbocycles. The Hall–Kier alpha value is -3.53. The molecule has 7 heteroatoms. The largest absolute Gasteiger partial charge is 0.272 e. The Bertz CT molecular complexity index is 1200. The standard InChI is InChI=1S/C21H21N7/c1-21(2,3)13-28-12-15(11-23-28)17-7-6-16(10-22)24-20(17)14-5-8-19-18(9-14)25-26-27(19)4/h5-9,11-12H,13H2,1-4H3. The van der Waals surface area contributed by atoms with Crippen molar-refractivity contribution < 1.29 is 0 Å². The van der Waals surface area contributed by atoms with Gasteiger partial charge in [0.25, 0.3) is 0 Å². The van der Waals surface area contributed by atoms with E-state index < -0.39 is 0 Å². The molecule has 0 amide bonds. The second-order valence-corrected chi connectivity index (χ2v) is 8.11. The zero-order valence-corrected chi connectivity index (χ0v) is 16.4. The molecule has 3 aromatic heterocycles. The lowest BCUT2D eigenvalue weighted by Gasteiger charge is -2.17. The number of fused-ring (bicyclic) bond motifs is 1. The first kappa shape index (κ1) is 17.9. The summed E-state index contributed by atoms with van der Waals surface area (Å²) < 4.78 is 3.68. The summed E-state index contributed by atoms with van der Waals surface area (Å²) in [4.78, 5) is 4.58. The topological polar surface area (TPSA) is 85.2 Å². The molecule has 0 aliphatic rings. The quantitative estimate of drug-likeness (QED) is 0.547. The first-order valence-electron chi connectivity index (χ1n) is 9.08. The molecule has 28 heavy (non-hydrogen) atoms. The second-order valence-electron chi connectivity index (χ2n) is 8.11. The van der Waals surface area contributed by atoms with Gasteiger partial charge in [-0.3, -0.25) is 4.68 Å². The highest BCUT2D eigenvalue weighted by molar-refractivity contribution is 5.86. The molecular weight excluding hydrogens is 350 g/mol. The second kappa shape index (κ2) is 6.57. The van der Waals surface area contributed by atoms with Crippen LogP contribution >= 0.6 is 0 Å². The molecule has 140 valence electrons. The molecule has 0 bridgehead atoms. The van der Waals surface area contributed by atoms with E-state index in [0.717, 1.165) is 40.0 Å². The van der Waals surface area contributed by atoms with Crippen LogP contribution in [-0.2, 0) is 13.6 Å². The fourth-order valence-corrected chi connectivity index (χ4v) is 3.24. The molecule has 4 rings (SSSR count). The monoisotopic (exact) mass is 371 g/mol. The van der Waals surface area contributed by atoms with Gasteiger partial charge < -0.3 is 0 Å². The van der Waals surface area contributed by atoms with E-state index in [1.165, 1.54) is 0 Å². The molecule has 3 heterocycles. The van der Waals surface area contributed by atoms with Crippen molar-refractivity contribution >= 4 is 11.0 Å². The number of aromatic nitrogens is 6. The maximum atomic E-state index is 9.32. The fourth-order valence-electron chi connectivity index (χ4n) is 3.24. The van der Waals surface area contributed by atoms with Crippen LogP contribution in [0.5, 0.6) is 0 Å². The number of hydrogen-bond acceptors (Lipinski definition) is 5. The van der Waals surface area contributed by atoms with Crippen LogP contribution in [0.25, 0.3) is 33.4 Å². The maximum Gasteiger partial charge on any atom is 0.141 e. The number of nitrogens with zero attached hydrogens (tertiary/aromatic N) is 7. The van der Waals surface area contributed by atoms with E-state index in [0.29, 0.717) is 5.69 Å². The van der Waals surface area contributed by atoms with E-state index in [1.807, 2.05) is 48.4 Å². The Balaban J connectivity index is 1.83. The molecule has 0 fully saturated rings. The number of nitriles is 1. The van der Waals surface area contributed by atoms with Crippen LogP contribution in [0, 0.1) is 16.7 Å². The van der Waals surface area contributed by atoms with Crippen molar-refractivity contribution in [3.05, 3.63) is 48.4 Å². The Morgan fingerprint density at radius 2 is 1.93 bits per heavy atom. The molecule has 0 radical (unpaired) electrons. The van der Waals surface area contributed by atoms with Crippen LogP contribution in [0.15, 0.2) is 42.7 Å². The summed E-state index contributed by atoms with van der Waals surface area (Å²) in [6.07, 6.45) is 3.87. The van der Waals surface area contributed by atoms with Crippen molar-refractivity contribution in [3.8, 4) is 28.5 Å². The molecular formula is C21H21N7. The van der Waals surface area contributed by atoms with Crippen molar-refractivity contribution in [1.29, 1.82) is 5.26 Å². The van der Waals surface area contributed by atoms with Crippen molar-refractivity contribution in [2.75, 3.05) is 0 Å². The van der Waals surface area contributed by atoms with Crippen LogP contribution in [0.2, 0.25) is 0 Å². The van der Waals surface area contributed by atoms with Gasteiger partial charge in [0.05, 0.1) is 17.4 Å². The zero-order valence-electron chi connectivity index (χ0n) is 16.4. The minimum atomic E-state index is 0.131. The third kappa shape index (κ3) is 3.37. The lowest BCUT2D eigenvalue weighted by Crippen LogP contribution is -2.15. The van der Waals surface area contributed by atoms with Crippen LogP contribution in [0.1, 0.15) is 26.5 Å². The minimum absolute atomic E-state index is 0.131. The molecule has 7 nitrogen and oxygen atoms in total. The molecule has 0 aliphatic heterocycles. The number of aryl methyl sites for hydroxylation is 1. The van der Waals surface area contributed by atoms with E-state index in [9.17, 15) is 5.26 Å². The van der Waals surface area contributed by atoms with Gasteiger partial charge in [0.15, 0.2) is 0 Å². The van der Waals surface area contributed by atoms with E-state index in [2.05, 4.69) is 47.2 Å². The summed E-state index contributed by atoms with van der Waals surface area (Å²) in [6.45, 7) is 7.36. The average Bonchev–Trinajstić information content (AvgIpc) is 3.26. The lowest BCUT2D eigenvalue weighted by atomic mass is 9.97. The molecule has 0 saturated carbocycles. The van der Waals surface area contributed by atoms with Gasteiger partial charge in [-0.2, -0.15) is 10.4 Å². The molecule has 0 atom stereocenters. The number of pyridine rings is 1. The van der Waals surface area contributed by atoms with Gasteiger partial charge in [0.1, 0.15) is 17.3 Å². The van der Waals surface area contributed by atoms with Gasteiger partial charge in [-0.05, 0) is 29.7 Å². The predicted molar refractivity (Wildman–Crippen MR) is 107 cm³/mol. The normalized spacial score (nSPS) is 11.7. The van der Waals surface area contributed by atoms with Gasteiger partial charge in [0, 0.05) is 36.5 Å². The Morgan fingerprint density at radius 3 is 2.68 bits per heavy atom. The van der Waals surface area contributed by atoms with Gasteiger partial charge in [-0.25, -0.2) is 9.67 Å². The third-order valence-electron chi connectivity index (χ3n) is 4.47. The summed E-state index contributed by atoms with van der Waals surface area (Å²) in [5.74, 6) is 0. The molecule has 4 aromatic rings. The van der Waals surface area contributed by atoms with Crippen LogP contribution < -0.4 is 0 Å². The van der Waals surface area contributed by atoms with Gasteiger partial charge in [0.2, 0.25) is 0 Å². The Morgan fingerprint density at radius 1 is 1.11 bits per heavy atom. The molecule has 0 saturated heterocycles. The van der Waals surface area contributed by atoms with Crippen molar-refractivity contribution in [2.24, 2.45) is 12.5 Å².